The van der Waals surface area contributed by atoms with E-state index >= 15 is 0 Å². The van der Waals surface area contributed by atoms with Gasteiger partial charge in [0.15, 0.2) is 0 Å². The van der Waals surface area contributed by atoms with Crippen LogP contribution in [-0.4, -0.2) is 4.98 Å². The molecule has 2 aromatic heterocycles. The van der Waals surface area contributed by atoms with Crippen LogP contribution in [0.2, 0.25) is 0 Å². The van der Waals surface area contributed by atoms with Crippen molar-refractivity contribution in [1.82, 2.24) is 4.98 Å². The van der Waals surface area contributed by atoms with Crippen LogP contribution in [0, 0.1) is 0 Å². The van der Waals surface area contributed by atoms with Gasteiger partial charge < -0.3 is 0 Å². The number of nitrogens with zero attached hydrogens (tertiary/aromatic N) is 2. The van der Waals surface area contributed by atoms with Crippen LogP contribution in [0.5, 0.6) is 0 Å². The molecule has 8 aromatic carbocycles. The minimum Gasteiger partial charge on any atom is -0.295 e. The van der Waals surface area contributed by atoms with Crippen molar-refractivity contribution in [3.63, 3.8) is 0 Å². The van der Waals surface area contributed by atoms with Crippen molar-refractivity contribution in [3.05, 3.63) is 182 Å². The van der Waals surface area contributed by atoms with E-state index in [2.05, 4.69) is 181 Å². The number of hydrogen-bond acceptors (Lipinski definition) is 3. The Morgan fingerprint density at radius 2 is 0.900 bits per heavy atom. The van der Waals surface area contributed by atoms with Gasteiger partial charge in [0.1, 0.15) is 5.82 Å². The zero-order valence-corrected chi connectivity index (χ0v) is 27.9. The van der Waals surface area contributed by atoms with E-state index in [-0.39, 0.29) is 0 Å². The molecule has 10 aromatic rings. The average Bonchev–Trinajstić information content (AvgIpc) is 3.57. The second-order valence-corrected chi connectivity index (χ2v) is 13.9. The van der Waals surface area contributed by atoms with E-state index in [0.717, 1.165) is 17.2 Å². The monoisotopic (exact) mass is 654 g/mol. The van der Waals surface area contributed by atoms with Gasteiger partial charge in [-0.2, -0.15) is 0 Å². The summed E-state index contributed by atoms with van der Waals surface area (Å²) in [7, 11) is 0. The number of benzene rings is 8. The van der Waals surface area contributed by atoms with Gasteiger partial charge in [-0.25, -0.2) is 4.98 Å². The molecule has 2 heterocycles. The molecule has 0 bridgehead atoms. The van der Waals surface area contributed by atoms with Gasteiger partial charge in [0.25, 0.3) is 0 Å². The van der Waals surface area contributed by atoms with E-state index in [1.54, 1.807) is 0 Å². The minimum atomic E-state index is 0.895. The number of thiophene rings is 1. The highest BCUT2D eigenvalue weighted by Crippen LogP contribution is 2.41. The molecule has 234 valence electrons. The lowest BCUT2D eigenvalue weighted by Gasteiger charge is -2.25. The summed E-state index contributed by atoms with van der Waals surface area (Å²) in [5, 5.41) is 10.2. The number of pyridine rings is 1. The average molecular weight is 655 g/mol. The van der Waals surface area contributed by atoms with Gasteiger partial charge >= 0.3 is 0 Å². The highest BCUT2D eigenvalue weighted by Gasteiger charge is 2.17. The molecule has 0 fully saturated rings. The summed E-state index contributed by atoms with van der Waals surface area (Å²) < 4.78 is 2.51. The zero-order valence-electron chi connectivity index (χ0n) is 27.1. The fourth-order valence-electron chi connectivity index (χ4n) is 7.49. The van der Waals surface area contributed by atoms with Crippen LogP contribution in [0.25, 0.3) is 74.7 Å². The first kappa shape index (κ1) is 28.7. The van der Waals surface area contributed by atoms with Crippen LogP contribution >= 0.6 is 11.3 Å². The molecule has 0 N–H and O–H groups in total. The van der Waals surface area contributed by atoms with E-state index in [9.17, 15) is 0 Å². The quantitative estimate of drug-likeness (QED) is 0.172. The second-order valence-electron chi connectivity index (χ2n) is 12.8. The Hall–Kier alpha value is -6.29. The van der Waals surface area contributed by atoms with Crippen LogP contribution in [0.1, 0.15) is 0 Å². The van der Waals surface area contributed by atoms with Gasteiger partial charge in [-0.15, -0.1) is 11.3 Å². The van der Waals surface area contributed by atoms with E-state index < -0.39 is 0 Å². The molecule has 3 heteroatoms. The Morgan fingerprint density at radius 1 is 0.340 bits per heavy atom. The maximum atomic E-state index is 5.09. The summed E-state index contributed by atoms with van der Waals surface area (Å²) in [4.78, 5) is 7.36. The van der Waals surface area contributed by atoms with E-state index in [0.29, 0.717) is 0 Å². The van der Waals surface area contributed by atoms with Crippen LogP contribution in [-0.2, 0) is 0 Å². The molecular weight excluding hydrogens is 625 g/mol. The Morgan fingerprint density at radius 3 is 1.64 bits per heavy atom. The molecule has 0 saturated carbocycles. The fraction of sp³-hybridized carbons (Fsp3) is 0. The summed E-state index contributed by atoms with van der Waals surface area (Å²) in [6, 6.07) is 63.5. The van der Waals surface area contributed by atoms with E-state index in [1.807, 2.05) is 17.5 Å². The van der Waals surface area contributed by atoms with Crippen molar-refractivity contribution in [2.75, 3.05) is 4.90 Å². The molecule has 0 aliphatic carbocycles. The predicted molar refractivity (Wildman–Crippen MR) is 215 cm³/mol. The SMILES string of the molecule is c1ccc(-c2cccc(N(c3ccc(-c4ccc5c6ccccc6c6ccccc6c5c4)cc3)c3cc4sc5ccccc5c4cn3)c2)cc1. The third-order valence-corrected chi connectivity index (χ3v) is 11.0. The van der Waals surface area contributed by atoms with Crippen LogP contribution in [0.4, 0.5) is 17.2 Å². The Bertz CT molecular complexity index is 2840. The summed E-state index contributed by atoms with van der Waals surface area (Å²) >= 11 is 1.82. The standard InChI is InChI=1S/C47H30N2S/c1-2-11-31(12-3-1)33-13-10-14-36(27-33)49(47-29-46-44(30-48-47)42-19-8-9-20-45(42)50-46)35-24-21-32(22-25-35)34-23-26-41-39-17-5-4-15-37(39)38-16-6-7-18-40(38)43(41)28-34/h1-30H. The van der Waals surface area contributed by atoms with Crippen LogP contribution in [0.3, 0.4) is 0 Å². The molecule has 0 aliphatic rings. The number of rotatable bonds is 5. The fourth-order valence-corrected chi connectivity index (χ4v) is 8.60. The minimum absolute atomic E-state index is 0.895. The molecular formula is C47H30N2S. The second kappa shape index (κ2) is 11.7. The first-order valence-electron chi connectivity index (χ1n) is 17.0. The normalized spacial score (nSPS) is 11.6. The summed E-state index contributed by atoms with van der Waals surface area (Å²) in [6.45, 7) is 0. The van der Waals surface area contributed by atoms with Crippen molar-refractivity contribution in [2.45, 2.75) is 0 Å². The molecule has 0 spiro atoms. The Balaban J connectivity index is 1.11. The largest absolute Gasteiger partial charge is 0.295 e. The summed E-state index contributed by atoms with van der Waals surface area (Å²) in [5.74, 6) is 0.895. The van der Waals surface area contributed by atoms with E-state index in [1.165, 1.54) is 74.7 Å². The van der Waals surface area contributed by atoms with Crippen LogP contribution in [0.15, 0.2) is 182 Å². The third kappa shape index (κ3) is 4.74. The third-order valence-electron chi connectivity index (χ3n) is 9.89. The molecule has 10 rings (SSSR count). The number of anilines is 3. The maximum Gasteiger partial charge on any atom is 0.138 e. The van der Waals surface area contributed by atoms with Crippen molar-refractivity contribution in [2.24, 2.45) is 0 Å². The molecule has 0 radical (unpaired) electrons. The zero-order chi connectivity index (χ0) is 33.0. The molecule has 0 aliphatic heterocycles. The number of fused-ring (bicyclic) bond motifs is 9. The van der Waals surface area contributed by atoms with Gasteiger partial charge in [-0.3, -0.25) is 4.90 Å². The molecule has 0 saturated heterocycles. The predicted octanol–water partition coefficient (Wildman–Crippen LogP) is 13.7. The number of hydrogen-bond donors (Lipinski definition) is 0. The van der Waals surface area contributed by atoms with Crippen molar-refractivity contribution in [1.29, 1.82) is 0 Å². The lowest BCUT2D eigenvalue weighted by Crippen LogP contribution is -2.11. The topological polar surface area (TPSA) is 16.1 Å². The first-order chi connectivity index (χ1) is 24.8. The highest BCUT2D eigenvalue weighted by molar-refractivity contribution is 7.25. The molecule has 0 unspecified atom stereocenters. The van der Waals surface area contributed by atoms with Crippen molar-refractivity contribution < 1.29 is 0 Å². The van der Waals surface area contributed by atoms with Gasteiger partial charge in [0, 0.05) is 37.7 Å². The lowest BCUT2D eigenvalue weighted by molar-refractivity contribution is 1.19. The summed E-state index contributed by atoms with van der Waals surface area (Å²) in [6.07, 6.45) is 2.04. The lowest BCUT2D eigenvalue weighted by atomic mass is 9.92. The van der Waals surface area contributed by atoms with Crippen LogP contribution < -0.4 is 4.90 Å². The summed E-state index contributed by atoms with van der Waals surface area (Å²) in [5.41, 5.74) is 6.86. The Labute approximate surface area is 294 Å². The molecule has 0 amide bonds. The highest BCUT2D eigenvalue weighted by atomic mass is 32.1. The smallest absolute Gasteiger partial charge is 0.138 e. The van der Waals surface area contributed by atoms with Crippen molar-refractivity contribution >= 4 is 81.0 Å². The Kier molecular flexibility index (Phi) is 6.71. The maximum absolute atomic E-state index is 5.09. The number of aromatic nitrogens is 1. The van der Waals surface area contributed by atoms with Gasteiger partial charge in [0.2, 0.25) is 0 Å². The molecule has 0 atom stereocenters. The van der Waals surface area contributed by atoms with E-state index in [4.69, 9.17) is 4.98 Å². The first-order valence-corrected chi connectivity index (χ1v) is 17.8. The molecule has 2 nitrogen and oxygen atoms in total. The molecule has 50 heavy (non-hydrogen) atoms. The van der Waals surface area contributed by atoms with Gasteiger partial charge in [-0.05, 0) is 97.0 Å². The van der Waals surface area contributed by atoms with Gasteiger partial charge in [-0.1, -0.05) is 133 Å². The van der Waals surface area contributed by atoms with Gasteiger partial charge in [0.05, 0.1) is 0 Å². The van der Waals surface area contributed by atoms with Crippen molar-refractivity contribution in [3.8, 4) is 22.3 Å².